The molecule has 0 radical (unpaired) electrons. The number of rotatable bonds is 12. The van der Waals surface area contributed by atoms with Gasteiger partial charge >= 0.3 is 0 Å². The van der Waals surface area contributed by atoms with Gasteiger partial charge < -0.3 is 19.1 Å². The maximum absolute atomic E-state index is 6.36. The van der Waals surface area contributed by atoms with Crippen LogP contribution in [0.1, 0.15) is 0 Å². The average molecular weight is 1820 g/mol. The summed E-state index contributed by atoms with van der Waals surface area (Å²) < 4.78 is 11.3. The summed E-state index contributed by atoms with van der Waals surface area (Å²) in [6.07, 6.45) is 0. The van der Waals surface area contributed by atoms with E-state index >= 15 is 0 Å². The van der Waals surface area contributed by atoms with Gasteiger partial charge in [-0.15, -0.1) is 22.7 Å². The number of furan rings is 1. The molecule has 0 aliphatic carbocycles. The molecule has 0 bridgehead atoms. The molecule has 636 valence electrons. The van der Waals surface area contributed by atoms with Crippen LogP contribution in [0.5, 0.6) is 0 Å². The van der Waals surface area contributed by atoms with Gasteiger partial charge in [0.05, 0.1) is 39.7 Å². The molecular formula is C117H72N12OS5. The minimum atomic E-state index is 0.573. The second-order valence-corrected chi connectivity index (χ2v) is 38.0. The first-order valence-electron chi connectivity index (χ1n) is 44.4. The van der Waals surface area contributed by atoms with Crippen molar-refractivity contribution in [2.75, 3.05) is 14.7 Å². The van der Waals surface area contributed by atoms with Gasteiger partial charge in [-0.1, -0.05) is 278 Å². The number of anilines is 9. The molecule has 0 fully saturated rings. The van der Waals surface area contributed by atoms with Crippen LogP contribution >= 0.6 is 58.0 Å². The highest BCUT2D eigenvalue weighted by molar-refractivity contribution is 8.00. The maximum Gasteiger partial charge on any atom is 0.167 e. The Labute approximate surface area is 797 Å². The number of fused-ring (bicyclic) bond motifs is 15. The van der Waals surface area contributed by atoms with Crippen molar-refractivity contribution in [3.05, 3.63) is 437 Å². The molecule has 0 atom stereocenters. The number of aromatic nitrogens is 9. The molecule has 0 amide bonds. The van der Waals surface area contributed by atoms with Crippen LogP contribution in [0.2, 0.25) is 0 Å². The third kappa shape index (κ3) is 15.2. The molecular weight excluding hydrogens is 1750 g/mol. The highest BCUT2D eigenvalue weighted by Crippen LogP contribution is 2.56. The van der Waals surface area contributed by atoms with E-state index in [2.05, 4.69) is 342 Å². The standard InChI is InChI=1S/C39H24N4OS.2C39H24N4S2/c1-2-11-25(12-3-1)37-40-38(42-39(41-37)30-15-10-14-29-28-13-4-7-18-33(28)44-36(29)30)26-21-23-27(24-22-26)43-31-16-5-8-19-34(31)45-35-20-9-6-17-32(35)43;1-2-11-25(12-3-1)37-40-38(42-39(41-37)30-15-10-14-29-28-13-4-7-18-33(28)45-36(29)30)26-21-23-27(24-22-26)43-31-16-5-8-19-34(31)44-35-20-9-6-17-32(35)43;1-2-10-25(11-3-1)37-40-38(42-39(41-37)27-20-23-34-30(24-27)29-12-4-7-15-33(29)44-34)26-18-21-28(22-19-26)43-31-13-5-8-16-35(31)45-36-17-9-6-14-32(36)43/h3*1-24H. The van der Waals surface area contributed by atoms with Gasteiger partial charge in [-0.05, 0) is 194 Å². The molecule has 0 N–H and O–H groups in total. The first-order chi connectivity index (χ1) is 66.9. The van der Waals surface area contributed by atoms with Crippen LogP contribution in [-0.4, -0.2) is 44.9 Å². The minimum absolute atomic E-state index is 0.573. The molecule has 3 aliphatic rings. The second kappa shape index (κ2) is 34.8. The summed E-state index contributed by atoms with van der Waals surface area (Å²) in [7, 11) is 0. The highest BCUT2D eigenvalue weighted by atomic mass is 32.2. The first-order valence-corrected chi connectivity index (χ1v) is 48.4. The molecule has 18 aromatic carbocycles. The van der Waals surface area contributed by atoms with Crippen molar-refractivity contribution in [3.63, 3.8) is 0 Å². The molecule has 3 aliphatic heterocycles. The quantitative estimate of drug-likeness (QED) is 0.114. The largest absolute Gasteiger partial charge is 0.455 e. The fraction of sp³-hybridized carbons (Fsp3) is 0. The van der Waals surface area contributed by atoms with E-state index in [0.717, 1.165) is 89.1 Å². The number of hydrogen-bond donors (Lipinski definition) is 0. The van der Waals surface area contributed by atoms with Gasteiger partial charge in [-0.25, -0.2) is 44.9 Å². The van der Waals surface area contributed by atoms with Crippen molar-refractivity contribution in [2.24, 2.45) is 0 Å². The fourth-order valence-corrected chi connectivity index (χ4v) is 23.4. The van der Waals surface area contributed by atoms with Crippen LogP contribution in [0, 0.1) is 0 Å². The molecule has 24 aromatic rings. The predicted molar refractivity (Wildman–Crippen MR) is 558 cm³/mol. The number of para-hydroxylation sites is 8. The van der Waals surface area contributed by atoms with Gasteiger partial charge in [0.2, 0.25) is 0 Å². The van der Waals surface area contributed by atoms with Crippen LogP contribution in [0.3, 0.4) is 0 Å². The Morgan fingerprint density at radius 3 is 0.874 bits per heavy atom. The monoisotopic (exact) mass is 1820 g/mol. The Morgan fingerprint density at radius 2 is 0.467 bits per heavy atom. The van der Waals surface area contributed by atoms with Crippen molar-refractivity contribution < 1.29 is 4.42 Å². The number of nitrogens with zero attached hydrogens (tertiary/aromatic N) is 12. The van der Waals surface area contributed by atoms with E-state index in [1.165, 1.54) is 104 Å². The summed E-state index contributed by atoms with van der Waals surface area (Å²) in [5.41, 5.74) is 20.4. The zero-order valence-corrected chi connectivity index (χ0v) is 76.0. The lowest BCUT2D eigenvalue weighted by Gasteiger charge is -2.32. The van der Waals surface area contributed by atoms with Crippen molar-refractivity contribution in [1.82, 2.24) is 44.9 Å². The molecule has 0 unspecified atom stereocenters. The Bertz CT molecular complexity index is 8210. The van der Waals surface area contributed by atoms with Crippen LogP contribution < -0.4 is 14.7 Å². The molecule has 6 aromatic heterocycles. The van der Waals surface area contributed by atoms with E-state index in [1.807, 2.05) is 144 Å². The maximum atomic E-state index is 6.36. The molecule has 0 saturated heterocycles. The Balaban J connectivity index is 0.000000108. The van der Waals surface area contributed by atoms with Gasteiger partial charge in [-0.3, -0.25) is 0 Å². The lowest BCUT2D eigenvalue weighted by atomic mass is 10.1. The molecule has 135 heavy (non-hydrogen) atoms. The van der Waals surface area contributed by atoms with E-state index in [4.69, 9.17) is 49.3 Å². The molecule has 13 nitrogen and oxygen atoms in total. The van der Waals surface area contributed by atoms with Gasteiger partial charge in [0.25, 0.3) is 0 Å². The smallest absolute Gasteiger partial charge is 0.167 e. The van der Waals surface area contributed by atoms with Crippen LogP contribution in [0.15, 0.2) is 471 Å². The van der Waals surface area contributed by atoms with Crippen LogP contribution in [0.25, 0.3) is 165 Å². The van der Waals surface area contributed by atoms with Crippen molar-refractivity contribution in [1.29, 1.82) is 0 Å². The Hall–Kier alpha value is -16.3. The summed E-state index contributed by atoms with van der Waals surface area (Å²) in [6, 6.07) is 152. The van der Waals surface area contributed by atoms with E-state index < -0.39 is 0 Å². The third-order valence-electron chi connectivity index (χ3n) is 24.4. The predicted octanol–water partition coefficient (Wildman–Crippen LogP) is 33.1. The van der Waals surface area contributed by atoms with E-state index in [-0.39, 0.29) is 0 Å². The lowest BCUT2D eigenvalue weighted by Crippen LogP contribution is -2.14. The fourth-order valence-electron chi connectivity index (χ4n) is 18.0. The highest BCUT2D eigenvalue weighted by Gasteiger charge is 2.30. The number of benzene rings is 18. The molecule has 9 heterocycles. The summed E-state index contributed by atoms with van der Waals surface area (Å²) in [5.74, 6) is 5.75. The zero-order chi connectivity index (χ0) is 89.2. The van der Waals surface area contributed by atoms with Crippen molar-refractivity contribution in [3.8, 4) is 102 Å². The number of hydrogen-bond acceptors (Lipinski definition) is 18. The average Bonchev–Trinajstić information content (AvgIpc) is 1.65. The summed E-state index contributed by atoms with van der Waals surface area (Å²) in [4.78, 5) is 59.5. The van der Waals surface area contributed by atoms with Gasteiger partial charge in [0.15, 0.2) is 52.4 Å². The lowest BCUT2D eigenvalue weighted by molar-refractivity contribution is 0.669. The summed E-state index contributed by atoms with van der Waals surface area (Å²) in [6.45, 7) is 0. The second-order valence-electron chi connectivity index (χ2n) is 32.6. The molecule has 0 saturated carbocycles. The molecule has 27 rings (SSSR count). The van der Waals surface area contributed by atoms with Crippen LogP contribution in [-0.2, 0) is 0 Å². The normalized spacial score (nSPS) is 12.3. The third-order valence-corrected chi connectivity index (χ3v) is 30.1. The molecule has 0 spiro atoms. The topological polar surface area (TPSA) is 139 Å². The first kappa shape index (κ1) is 80.7. The Kier molecular flexibility index (Phi) is 20.8. The van der Waals surface area contributed by atoms with E-state index in [9.17, 15) is 0 Å². The summed E-state index contributed by atoms with van der Waals surface area (Å²) >= 11 is 9.03. The van der Waals surface area contributed by atoms with E-state index in [0.29, 0.717) is 52.4 Å². The molecule has 18 heteroatoms. The number of thiophene rings is 2. The minimum Gasteiger partial charge on any atom is -0.455 e. The van der Waals surface area contributed by atoms with Gasteiger partial charge in [0.1, 0.15) is 11.2 Å². The zero-order valence-electron chi connectivity index (χ0n) is 71.9. The van der Waals surface area contributed by atoms with Gasteiger partial charge in [-0.2, -0.15) is 0 Å². The Morgan fingerprint density at radius 1 is 0.185 bits per heavy atom. The van der Waals surface area contributed by atoms with Crippen molar-refractivity contribution in [2.45, 2.75) is 29.4 Å². The SMILES string of the molecule is c1ccc(-c2nc(-c3ccc(N4c5ccccc5Sc5ccccc54)cc3)nc(-c3ccc4sc5ccccc5c4c3)n2)cc1.c1ccc(-c2nc(-c3ccc(N4c5ccccc5Sc5ccccc54)cc3)nc(-c3cccc4c3oc3ccccc34)n2)cc1.c1ccc(-c2nc(-c3ccc(N4c5ccccc5Sc5ccccc54)cc3)nc(-c3cccc4c3sc3ccccc34)n2)cc1. The van der Waals surface area contributed by atoms with Crippen molar-refractivity contribution >= 4 is 171 Å². The van der Waals surface area contributed by atoms with Crippen LogP contribution in [0.4, 0.5) is 51.2 Å². The summed E-state index contributed by atoms with van der Waals surface area (Å²) in [5, 5.41) is 7.07. The van der Waals surface area contributed by atoms with Gasteiger partial charge in [0, 0.05) is 142 Å². The van der Waals surface area contributed by atoms with E-state index in [1.54, 1.807) is 23.1 Å².